The van der Waals surface area contributed by atoms with Gasteiger partial charge in [-0.05, 0) is 28.9 Å². The highest BCUT2D eigenvalue weighted by molar-refractivity contribution is 9.10. The van der Waals surface area contributed by atoms with E-state index in [1.54, 1.807) is 0 Å². The third kappa shape index (κ3) is 1.38. The van der Waals surface area contributed by atoms with Gasteiger partial charge in [-0.2, -0.15) is 0 Å². The van der Waals surface area contributed by atoms with Gasteiger partial charge in [-0.1, -0.05) is 0 Å². The Bertz CT molecular complexity index is 531. The van der Waals surface area contributed by atoms with Crippen LogP contribution in [0.2, 0.25) is 0 Å². The first-order chi connectivity index (χ1) is 7.65. The molecule has 4 nitrogen and oxygen atoms in total. The number of anilines is 1. The van der Waals surface area contributed by atoms with E-state index in [4.69, 9.17) is 4.42 Å². The summed E-state index contributed by atoms with van der Waals surface area (Å²) in [5, 5.41) is 0. The lowest BCUT2D eigenvalue weighted by atomic mass is 10.0. The Labute approximate surface area is 102 Å². The second kappa shape index (κ2) is 3.38. The third-order valence-corrected chi connectivity index (χ3v) is 3.33. The van der Waals surface area contributed by atoms with Crippen LogP contribution in [0.3, 0.4) is 0 Å². The maximum Gasteiger partial charge on any atom is 0.200 e. The minimum atomic E-state index is 0.281. The number of hydrogen-bond acceptors (Lipinski definition) is 3. The minimum absolute atomic E-state index is 0.281. The quantitative estimate of drug-likeness (QED) is 0.874. The van der Waals surface area contributed by atoms with Crippen LogP contribution >= 0.6 is 15.9 Å². The number of halogens is 1. The van der Waals surface area contributed by atoms with Crippen LogP contribution in [0.15, 0.2) is 21.3 Å². The fraction of sp³-hybridized carbons (Fsp3) is 0.364. The molecule has 0 radical (unpaired) electrons. The van der Waals surface area contributed by atoms with E-state index in [0.717, 1.165) is 28.6 Å². The van der Waals surface area contributed by atoms with Crippen molar-refractivity contribution < 1.29 is 4.42 Å². The van der Waals surface area contributed by atoms with Crippen molar-refractivity contribution in [1.29, 1.82) is 0 Å². The van der Waals surface area contributed by atoms with Gasteiger partial charge in [-0.25, -0.2) is 4.98 Å². The Morgan fingerprint density at radius 3 is 3.12 bits per heavy atom. The molecule has 0 amide bonds. The molecule has 0 aromatic carbocycles. The Balaban J connectivity index is 2.05. The van der Waals surface area contributed by atoms with Crippen LogP contribution in [0, 0.1) is 6.92 Å². The number of imidazole rings is 1. The van der Waals surface area contributed by atoms with E-state index in [2.05, 4.69) is 30.8 Å². The molecule has 0 saturated heterocycles. The molecule has 3 rings (SSSR count). The maximum atomic E-state index is 5.60. The number of nitrogens with zero attached hydrogens (tertiary/aromatic N) is 2. The molecule has 0 bridgehead atoms. The summed E-state index contributed by atoms with van der Waals surface area (Å²) in [7, 11) is 2.03. The molecule has 0 fully saturated rings. The predicted molar refractivity (Wildman–Crippen MR) is 64.8 cm³/mol. The zero-order valence-corrected chi connectivity index (χ0v) is 10.7. The van der Waals surface area contributed by atoms with E-state index in [1.165, 1.54) is 5.56 Å². The first-order valence-electron chi connectivity index (χ1n) is 5.17. The van der Waals surface area contributed by atoms with Crippen LogP contribution in [0.4, 0.5) is 5.88 Å². The molecule has 0 spiro atoms. The molecule has 1 aliphatic heterocycles. The highest BCUT2D eigenvalue weighted by Crippen LogP contribution is 2.41. The van der Waals surface area contributed by atoms with Gasteiger partial charge in [0.25, 0.3) is 0 Å². The molecule has 1 N–H and O–H groups in total. The Kier molecular flexibility index (Phi) is 2.10. The van der Waals surface area contributed by atoms with Gasteiger partial charge in [0.15, 0.2) is 4.67 Å². The molecule has 16 heavy (non-hydrogen) atoms. The molecule has 1 atom stereocenters. The molecule has 2 aromatic rings. The molecule has 2 aromatic heterocycles. The summed E-state index contributed by atoms with van der Waals surface area (Å²) >= 11 is 3.37. The van der Waals surface area contributed by atoms with Gasteiger partial charge in [0.05, 0.1) is 5.92 Å². The fourth-order valence-electron chi connectivity index (χ4n) is 2.21. The molecule has 0 aliphatic carbocycles. The molecule has 5 heteroatoms. The van der Waals surface area contributed by atoms with Crippen molar-refractivity contribution in [2.24, 2.45) is 0 Å². The standard InChI is InChI=1S/C11H12BrN3O/c1-6-4-13-10(14-6)8-5-15(2)11-7(8)3-9(12)16-11/h3-4,8H,5H2,1-2H3,(H,13,14). The second-order valence-electron chi connectivity index (χ2n) is 4.20. The largest absolute Gasteiger partial charge is 0.434 e. The van der Waals surface area contributed by atoms with Gasteiger partial charge in [0.1, 0.15) is 5.82 Å². The number of hydrogen-bond donors (Lipinski definition) is 1. The lowest BCUT2D eigenvalue weighted by molar-refractivity contribution is 0.539. The normalized spacial score (nSPS) is 19.2. The van der Waals surface area contributed by atoms with E-state index < -0.39 is 0 Å². The topological polar surface area (TPSA) is 45.1 Å². The molecule has 1 aliphatic rings. The Morgan fingerprint density at radius 1 is 1.62 bits per heavy atom. The van der Waals surface area contributed by atoms with E-state index >= 15 is 0 Å². The highest BCUT2D eigenvalue weighted by Gasteiger charge is 2.33. The molecule has 84 valence electrons. The number of aromatic nitrogens is 2. The monoisotopic (exact) mass is 281 g/mol. The average molecular weight is 282 g/mol. The van der Waals surface area contributed by atoms with Crippen LogP contribution in [-0.4, -0.2) is 23.6 Å². The van der Waals surface area contributed by atoms with Gasteiger partial charge in [0.2, 0.25) is 5.88 Å². The summed E-state index contributed by atoms with van der Waals surface area (Å²) < 4.78 is 6.37. The van der Waals surface area contributed by atoms with Crippen molar-refractivity contribution in [2.45, 2.75) is 12.8 Å². The van der Waals surface area contributed by atoms with Crippen molar-refractivity contribution in [3.63, 3.8) is 0 Å². The van der Waals surface area contributed by atoms with Gasteiger partial charge in [0, 0.05) is 31.0 Å². The van der Waals surface area contributed by atoms with Gasteiger partial charge in [-0.3, -0.25) is 0 Å². The number of aromatic amines is 1. The maximum absolute atomic E-state index is 5.60. The summed E-state index contributed by atoms with van der Waals surface area (Å²) in [6.07, 6.45) is 1.86. The number of nitrogens with one attached hydrogen (secondary N) is 1. The highest BCUT2D eigenvalue weighted by atomic mass is 79.9. The van der Waals surface area contributed by atoms with E-state index in [0.29, 0.717) is 0 Å². The van der Waals surface area contributed by atoms with Crippen LogP contribution in [0.5, 0.6) is 0 Å². The first kappa shape index (κ1) is 9.96. The van der Waals surface area contributed by atoms with Crippen LogP contribution in [0.25, 0.3) is 0 Å². The lowest BCUT2D eigenvalue weighted by Crippen LogP contribution is -2.16. The summed E-state index contributed by atoms with van der Waals surface area (Å²) in [6, 6.07) is 2.03. The van der Waals surface area contributed by atoms with Crippen molar-refractivity contribution >= 4 is 21.8 Å². The van der Waals surface area contributed by atoms with Crippen molar-refractivity contribution in [1.82, 2.24) is 9.97 Å². The number of H-pyrrole nitrogens is 1. The van der Waals surface area contributed by atoms with E-state index in [9.17, 15) is 0 Å². The van der Waals surface area contributed by atoms with Gasteiger partial charge >= 0.3 is 0 Å². The molecular formula is C11H12BrN3O. The average Bonchev–Trinajstić information content (AvgIpc) is 2.85. The molecule has 3 heterocycles. The Morgan fingerprint density at radius 2 is 2.44 bits per heavy atom. The number of fused-ring (bicyclic) bond motifs is 1. The van der Waals surface area contributed by atoms with Crippen LogP contribution < -0.4 is 4.90 Å². The number of likely N-dealkylation sites (N-methyl/N-ethyl adjacent to an activating group) is 1. The number of rotatable bonds is 1. The van der Waals surface area contributed by atoms with Crippen molar-refractivity contribution in [2.75, 3.05) is 18.5 Å². The van der Waals surface area contributed by atoms with Gasteiger partial charge < -0.3 is 14.3 Å². The molecular weight excluding hydrogens is 270 g/mol. The third-order valence-electron chi connectivity index (χ3n) is 2.94. The SMILES string of the molecule is Cc1cnc(C2CN(C)c3oc(Br)cc32)[nH]1. The van der Waals surface area contributed by atoms with Gasteiger partial charge in [-0.15, -0.1) is 0 Å². The minimum Gasteiger partial charge on any atom is -0.434 e. The number of aryl methyl sites for hydroxylation is 1. The summed E-state index contributed by atoms with van der Waals surface area (Å²) in [5.41, 5.74) is 2.29. The fourth-order valence-corrected chi connectivity index (χ4v) is 2.61. The molecule has 0 saturated carbocycles. The zero-order chi connectivity index (χ0) is 11.3. The zero-order valence-electron chi connectivity index (χ0n) is 9.12. The predicted octanol–water partition coefficient (Wildman–Crippen LogP) is 2.66. The lowest BCUT2D eigenvalue weighted by Gasteiger charge is -2.10. The van der Waals surface area contributed by atoms with Crippen LogP contribution in [0.1, 0.15) is 23.0 Å². The number of furan rings is 1. The van der Waals surface area contributed by atoms with Crippen LogP contribution in [-0.2, 0) is 0 Å². The van der Waals surface area contributed by atoms with Crippen molar-refractivity contribution in [3.05, 3.63) is 34.0 Å². The van der Waals surface area contributed by atoms with E-state index in [-0.39, 0.29) is 5.92 Å². The molecule has 1 unspecified atom stereocenters. The second-order valence-corrected chi connectivity index (χ2v) is 4.98. The Hall–Kier alpha value is -1.23. The van der Waals surface area contributed by atoms with Crippen molar-refractivity contribution in [3.8, 4) is 0 Å². The summed E-state index contributed by atoms with van der Waals surface area (Å²) in [5.74, 6) is 2.23. The summed E-state index contributed by atoms with van der Waals surface area (Å²) in [4.78, 5) is 9.81. The smallest absolute Gasteiger partial charge is 0.200 e. The summed E-state index contributed by atoms with van der Waals surface area (Å²) in [6.45, 7) is 2.93. The first-order valence-corrected chi connectivity index (χ1v) is 5.96. The van der Waals surface area contributed by atoms with E-state index in [1.807, 2.05) is 26.2 Å².